The standard InChI is InChI=1S/C10H11N5OS/c1-15-5-13-14-10(15)17-8-4-6(11)2-3-7(8)9(12)16/h2-5H,11H2,1H3,(H2,12,16). The molecule has 0 bridgehead atoms. The van der Waals surface area contributed by atoms with E-state index < -0.39 is 5.91 Å². The predicted octanol–water partition coefficient (Wildman–Crippen LogP) is 0.647. The molecule has 1 amide bonds. The summed E-state index contributed by atoms with van der Waals surface area (Å²) in [7, 11) is 1.82. The van der Waals surface area contributed by atoms with Gasteiger partial charge in [0, 0.05) is 17.6 Å². The fourth-order valence-corrected chi connectivity index (χ4v) is 2.24. The van der Waals surface area contributed by atoms with E-state index in [0.717, 1.165) is 0 Å². The van der Waals surface area contributed by atoms with Gasteiger partial charge >= 0.3 is 0 Å². The fourth-order valence-electron chi connectivity index (χ4n) is 1.29. The van der Waals surface area contributed by atoms with Crippen LogP contribution in [0.25, 0.3) is 0 Å². The Bertz CT molecular complexity index is 566. The first-order chi connectivity index (χ1) is 8.08. The Labute approximate surface area is 102 Å². The van der Waals surface area contributed by atoms with Gasteiger partial charge in [-0.25, -0.2) is 0 Å². The highest BCUT2D eigenvalue weighted by atomic mass is 32.2. The summed E-state index contributed by atoms with van der Waals surface area (Å²) in [5.74, 6) is -0.491. The number of hydrogen-bond acceptors (Lipinski definition) is 5. The molecular formula is C10H11N5OS. The molecule has 0 saturated carbocycles. The molecule has 1 aromatic heterocycles. The summed E-state index contributed by atoms with van der Waals surface area (Å²) >= 11 is 1.30. The zero-order valence-electron chi connectivity index (χ0n) is 9.12. The number of carbonyl (C=O) groups excluding carboxylic acids is 1. The summed E-state index contributed by atoms with van der Waals surface area (Å²) in [6.07, 6.45) is 1.58. The van der Waals surface area contributed by atoms with E-state index in [0.29, 0.717) is 21.3 Å². The van der Waals surface area contributed by atoms with Crippen molar-refractivity contribution in [1.29, 1.82) is 0 Å². The Hall–Kier alpha value is -2.02. The van der Waals surface area contributed by atoms with Gasteiger partial charge in [-0.1, -0.05) is 0 Å². The molecule has 1 heterocycles. The Morgan fingerprint density at radius 1 is 1.47 bits per heavy atom. The maximum Gasteiger partial charge on any atom is 0.249 e. The zero-order chi connectivity index (χ0) is 12.4. The summed E-state index contributed by atoms with van der Waals surface area (Å²) in [5.41, 5.74) is 12.0. The molecule has 1 aromatic carbocycles. The summed E-state index contributed by atoms with van der Waals surface area (Å²) in [4.78, 5) is 11.9. The topological polar surface area (TPSA) is 99.8 Å². The molecular weight excluding hydrogens is 238 g/mol. The number of hydrogen-bond donors (Lipinski definition) is 2. The lowest BCUT2D eigenvalue weighted by Gasteiger charge is -2.06. The highest BCUT2D eigenvalue weighted by Crippen LogP contribution is 2.30. The maximum atomic E-state index is 11.3. The van der Waals surface area contributed by atoms with E-state index in [9.17, 15) is 4.79 Å². The van der Waals surface area contributed by atoms with Gasteiger partial charge in [-0.2, -0.15) is 0 Å². The van der Waals surface area contributed by atoms with Crippen molar-refractivity contribution in [2.45, 2.75) is 10.1 Å². The van der Waals surface area contributed by atoms with E-state index in [4.69, 9.17) is 11.5 Å². The van der Waals surface area contributed by atoms with Gasteiger partial charge < -0.3 is 16.0 Å². The molecule has 7 heteroatoms. The first-order valence-corrected chi connectivity index (χ1v) is 5.61. The third-order valence-electron chi connectivity index (χ3n) is 2.14. The molecule has 0 radical (unpaired) electrons. The number of anilines is 1. The number of rotatable bonds is 3. The number of aryl methyl sites for hydroxylation is 1. The Balaban J connectivity index is 2.41. The third kappa shape index (κ3) is 2.39. The first-order valence-electron chi connectivity index (χ1n) is 4.79. The van der Waals surface area contributed by atoms with E-state index in [-0.39, 0.29) is 0 Å². The van der Waals surface area contributed by atoms with Crippen LogP contribution in [0, 0.1) is 0 Å². The van der Waals surface area contributed by atoms with Crippen LogP contribution < -0.4 is 11.5 Å². The van der Waals surface area contributed by atoms with Crippen molar-refractivity contribution in [3.8, 4) is 0 Å². The minimum absolute atomic E-state index is 0.423. The van der Waals surface area contributed by atoms with Crippen LogP contribution in [-0.4, -0.2) is 20.7 Å². The predicted molar refractivity (Wildman–Crippen MR) is 64.5 cm³/mol. The lowest BCUT2D eigenvalue weighted by atomic mass is 10.2. The summed E-state index contributed by atoms with van der Waals surface area (Å²) in [6, 6.07) is 4.94. The van der Waals surface area contributed by atoms with Crippen molar-refractivity contribution >= 4 is 23.4 Å². The van der Waals surface area contributed by atoms with Gasteiger partial charge in [0.15, 0.2) is 5.16 Å². The van der Waals surface area contributed by atoms with Gasteiger partial charge in [-0.05, 0) is 30.0 Å². The second-order valence-corrected chi connectivity index (χ2v) is 4.46. The summed E-state index contributed by atoms with van der Waals surface area (Å²) in [5, 5.41) is 8.35. The second kappa shape index (κ2) is 4.46. The molecule has 88 valence electrons. The third-order valence-corrected chi connectivity index (χ3v) is 3.25. The zero-order valence-corrected chi connectivity index (χ0v) is 9.94. The molecule has 2 rings (SSSR count). The van der Waals surface area contributed by atoms with Gasteiger partial charge in [0.25, 0.3) is 0 Å². The van der Waals surface area contributed by atoms with E-state index in [1.54, 1.807) is 29.1 Å². The molecule has 0 saturated heterocycles. The molecule has 0 aliphatic carbocycles. The number of benzene rings is 1. The van der Waals surface area contributed by atoms with Crippen LogP contribution in [0.1, 0.15) is 10.4 Å². The minimum Gasteiger partial charge on any atom is -0.399 e. The van der Waals surface area contributed by atoms with Crippen LogP contribution in [0.5, 0.6) is 0 Å². The largest absolute Gasteiger partial charge is 0.399 e. The number of carbonyl (C=O) groups is 1. The number of nitrogens with two attached hydrogens (primary N) is 2. The molecule has 2 aromatic rings. The molecule has 0 fully saturated rings. The molecule has 0 spiro atoms. The van der Waals surface area contributed by atoms with Gasteiger partial charge in [0.1, 0.15) is 6.33 Å². The Morgan fingerprint density at radius 3 is 2.82 bits per heavy atom. The number of nitrogens with zero attached hydrogens (tertiary/aromatic N) is 3. The average molecular weight is 249 g/mol. The quantitative estimate of drug-likeness (QED) is 0.778. The maximum absolute atomic E-state index is 11.3. The van der Waals surface area contributed by atoms with Crippen molar-refractivity contribution < 1.29 is 4.79 Å². The van der Waals surface area contributed by atoms with Gasteiger partial charge in [0.05, 0.1) is 5.56 Å². The van der Waals surface area contributed by atoms with Crippen LogP contribution in [0.3, 0.4) is 0 Å². The molecule has 0 unspecified atom stereocenters. The molecule has 0 aliphatic rings. The Kier molecular flexibility index (Phi) is 3.01. The van der Waals surface area contributed by atoms with Crippen molar-refractivity contribution in [2.75, 3.05) is 5.73 Å². The molecule has 0 aliphatic heterocycles. The monoisotopic (exact) mass is 249 g/mol. The summed E-state index contributed by atoms with van der Waals surface area (Å²) < 4.78 is 1.75. The van der Waals surface area contributed by atoms with Gasteiger partial charge in [0.2, 0.25) is 5.91 Å². The van der Waals surface area contributed by atoms with E-state index >= 15 is 0 Å². The highest BCUT2D eigenvalue weighted by molar-refractivity contribution is 7.99. The van der Waals surface area contributed by atoms with Crippen molar-refractivity contribution in [3.05, 3.63) is 30.1 Å². The van der Waals surface area contributed by atoms with Crippen molar-refractivity contribution in [1.82, 2.24) is 14.8 Å². The number of amides is 1. The minimum atomic E-state index is -0.491. The second-order valence-electron chi connectivity index (χ2n) is 3.45. The van der Waals surface area contributed by atoms with Crippen molar-refractivity contribution in [3.63, 3.8) is 0 Å². The number of primary amides is 1. The van der Waals surface area contributed by atoms with Crippen LogP contribution >= 0.6 is 11.8 Å². The lowest BCUT2D eigenvalue weighted by Crippen LogP contribution is -2.12. The van der Waals surface area contributed by atoms with E-state index in [1.165, 1.54) is 11.8 Å². The molecule has 0 atom stereocenters. The van der Waals surface area contributed by atoms with Gasteiger partial charge in [-0.3, -0.25) is 4.79 Å². The molecule has 6 nitrogen and oxygen atoms in total. The first kappa shape index (κ1) is 11.5. The van der Waals surface area contributed by atoms with Crippen LogP contribution in [0.2, 0.25) is 0 Å². The molecule has 17 heavy (non-hydrogen) atoms. The van der Waals surface area contributed by atoms with Gasteiger partial charge in [-0.15, -0.1) is 10.2 Å². The smallest absolute Gasteiger partial charge is 0.249 e. The van der Waals surface area contributed by atoms with Crippen molar-refractivity contribution in [2.24, 2.45) is 12.8 Å². The lowest BCUT2D eigenvalue weighted by molar-refractivity contribution is 0.0997. The fraction of sp³-hybridized carbons (Fsp3) is 0.100. The summed E-state index contributed by atoms with van der Waals surface area (Å²) in [6.45, 7) is 0. The van der Waals surface area contributed by atoms with E-state index in [1.807, 2.05) is 7.05 Å². The van der Waals surface area contributed by atoms with Crippen LogP contribution in [-0.2, 0) is 7.05 Å². The van der Waals surface area contributed by atoms with Crippen LogP contribution in [0.4, 0.5) is 5.69 Å². The number of aromatic nitrogens is 3. The SMILES string of the molecule is Cn1cnnc1Sc1cc(N)ccc1C(N)=O. The number of nitrogen functional groups attached to an aromatic ring is 1. The highest BCUT2D eigenvalue weighted by Gasteiger charge is 2.12. The molecule has 4 N–H and O–H groups in total. The van der Waals surface area contributed by atoms with E-state index in [2.05, 4.69) is 10.2 Å². The Morgan fingerprint density at radius 2 is 2.24 bits per heavy atom. The average Bonchev–Trinajstić information content (AvgIpc) is 2.64. The van der Waals surface area contributed by atoms with Crippen LogP contribution in [0.15, 0.2) is 34.6 Å². The normalized spacial score (nSPS) is 10.4.